The van der Waals surface area contributed by atoms with Crippen molar-refractivity contribution in [2.75, 3.05) is 20.3 Å². The quantitative estimate of drug-likeness (QED) is 0.636. The molecule has 0 bridgehead atoms. The van der Waals surface area contributed by atoms with Crippen molar-refractivity contribution in [2.45, 2.75) is 39.7 Å². The fraction of sp³-hybridized carbons (Fsp3) is 1.00. The molecule has 0 amide bonds. The van der Waals surface area contributed by atoms with Gasteiger partial charge in [0.25, 0.3) is 0 Å². The zero-order valence-corrected chi connectivity index (χ0v) is 8.89. The summed E-state index contributed by atoms with van der Waals surface area (Å²) in [5, 5.41) is 3.42. The molecule has 0 heterocycles. The van der Waals surface area contributed by atoms with E-state index in [1.165, 1.54) is 12.8 Å². The highest BCUT2D eigenvalue weighted by atomic mass is 16.5. The van der Waals surface area contributed by atoms with Crippen LogP contribution in [-0.2, 0) is 4.74 Å². The van der Waals surface area contributed by atoms with Gasteiger partial charge < -0.3 is 10.1 Å². The van der Waals surface area contributed by atoms with Gasteiger partial charge in [-0.2, -0.15) is 0 Å². The van der Waals surface area contributed by atoms with Crippen molar-refractivity contribution in [2.24, 2.45) is 5.92 Å². The Morgan fingerprint density at radius 2 is 2.00 bits per heavy atom. The van der Waals surface area contributed by atoms with Crippen LogP contribution in [0.2, 0.25) is 0 Å². The van der Waals surface area contributed by atoms with Gasteiger partial charge in [0.15, 0.2) is 0 Å². The van der Waals surface area contributed by atoms with E-state index in [4.69, 9.17) is 4.74 Å². The fourth-order valence-electron chi connectivity index (χ4n) is 1.35. The highest BCUT2D eigenvalue weighted by molar-refractivity contribution is 4.67. The van der Waals surface area contributed by atoms with E-state index in [9.17, 15) is 0 Å². The maximum atomic E-state index is 5.14. The molecule has 0 rings (SSSR count). The molecule has 0 aliphatic carbocycles. The second kappa shape index (κ2) is 7.56. The Morgan fingerprint density at radius 3 is 2.42 bits per heavy atom. The smallest absolute Gasteiger partial charge is 0.0615 e. The average molecular weight is 173 g/mol. The molecular weight excluding hydrogens is 150 g/mol. The van der Waals surface area contributed by atoms with Crippen LogP contribution in [-0.4, -0.2) is 26.3 Å². The van der Waals surface area contributed by atoms with E-state index in [2.05, 4.69) is 26.1 Å². The van der Waals surface area contributed by atoms with Gasteiger partial charge in [0.1, 0.15) is 0 Å². The molecule has 0 aromatic carbocycles. The van der Waals surface area contributed by atoms with Gasteiger partial charge in [-0.05, 0) is 18.9 Å². The van der Waals surface area contributed by atoms with Crippen molar-refractivity contribution in [3.05, 3.63) is 0 Å². The molecule has 12 heavy (non-hydrogen) atoms. The van der Waals surface area contributed by atoms with Gasteiger partial charge >= 0.3 is 0 Å². The van der Waals surface area contributed by atoms with E-state index in [0.29, 0.717) is 6.04 Å². The number of likely N-dealkylation sites (N-methyl/N-ethyl adjacent to an activating group) is 1. The van der Waals surface area contributed by atoms with E-state index in [0.717, 1.165) is 19.1 Å². The van der Waals surface area contributed by atoms with Crippen LogP contribution in [0.4, 0.5) is 0 Å². The summed E-state index contributed by atoms with van der Waals surface area (Å²) in [4.78, 5) is 0. The average Bonchev–Trinajstić information content (AvgIpc) is 2.05. The molecule has 0 fully saturated rings. The first-order valence-electron chi connectivity index (χ1n) is 4.96. The monoisotopic (exact) mass is 173 g/mol. The summed E-state index contributed by atoms with van der Waals surface area (Å²) >= 11 is 0. The minimum atomic E-state index is 0.537. The summed E-state index contributed by atoms with van der Waals surface area (Å²) < 4.78 is 5.14. The maximum absolute atomic E-state index is 5.14. The molecule has 0 aromatic heterocycles. The van der Waals surface area contributed by atoms with Gasteiger partial charge in [0.05, 0.1) is 6.61 Å². The predicted octanol–water partition coefficient (Wildman–Crippen LogP) is 2.05. The highest BCUT2D eigenvalue weighted by Crippen LogP contribution is 2.09. The van der Waals surface area contributed by atoms with Gasteiger partial charge in [-0.25, -0.2) is 0 Å². The number of methoxy groups -OCH3 is 1. The van der Waals surface area contributed by atoms with Crippen molar-refractivity contribution in [3.63, 3.8) is 0 Å². The molecule has 0 spiro atoms. The third-order valence-electron chi connectivity index (χ3n) is 2.24. The molecular formula is C10H23NO. The first-order chi connectivity index (χ1) is 5.74. The Labute approximate surface area is 76.7 Å². The zero-order valence-electron chi connectivity index (χ0n) is 8.89. The zero-order chi connectivity index (χ0) is 9.40. The van der Waals surface area contributed by atoms with Crippen LogP contribution in [0.5, 0.6) is 0 Å². The number of nitrogens with one attached hydrogen (secondary N) is 1. The maximum Gasteiger partial charge on any atom is 0.0615 e. The van der Waals surface area contributed by atoms with Crippen molar-refractivity contribution in [1.29, 1.82) is 0 Å². The molecule has 0 aromatic rings. The van der Waals surface area contributed by atoms with E-state index in [1.807, 2.05) is 0 Å². The van der Waals surface area contributed by atoms with Crippen LogP contribution in [0.25, 0.3) is 0 Å². The lowest BCUT2D eigenvalue weighted by molar-refractivity contribution is 0.155. The van der Waals surface area contributed by atoms with Gasteiger partial charge in [-0.1, -0.05) is 27.2 Å². The van der Waals surface area contributed by atoms with Crippen LogP contribution in [0, 0.1) is 5.92 Å². The van der Waals surface area contributed by atoms with Gasteiger partial charge in [-0.3, -0.25) is 0 Å². The van der Waals surface area contributed by atoms with Gasteiger partial charge in [0, 0.05) is 13.2 Å². The Balaban J connectivity index is 3.61. The second-order valence-corrected chi connectivity index (χ2v) is 3.46. The second-order valence-electron chi connectivity index (χ2n) is 3.46. The van der Waals surface area contributed by atoms with Crippen molar-refractivity contribution in [3.8, 4) is 0 Å². The topological polar surface area (TPSA) is 21.3 Å². The first-order valence-corrected chi connectivity index (χ1v) is 4.96. The molecule has 0 saturated carbocycles. The Bertz CT molecular complexity index is 89.8. The number of hydrogen-bond donors (Lipinski definition) is 1. The van der Waals surface area contributed by atoms with E-state index < -0.39 is 0 Å². The third-order valence-corrected chi connectivity index (χ3v) is 2.24. The molecule has 2 heteroatoms. The van der Waals surface area contributed by atoms with Crippen LogP contribution >= 0.6 is 0 Å². The lowest BCUT2D eigenvalue weighted by atomic mass is 10.00. The summed E-state index contributed by atoms with van der Waals surface area (Å²) in [7, 11) is 1.76. The Hall–Kier alpha value is -0.0800. The lowest BCUT2D eigenvalue weighted by Gasteiger charge is -2.20. The molecule has 74 valence electrons. The summed E-state index contributed by atoms with van der Waals surface area (Å²) in [5.74, 6) is 0.796. The van der Waals surface area contributed by atoms with Crippen LogP contribution < -0.4 is 5.32 Å². The molecule has 0 radical (unpaired) electrons. The predicted molar refractivity (Wildman–Crippen MR) is 53.4 cm³/mol. The molecule has 2 atom stereocenters. The molecule has 0 aliphatic rings. The van der Waals surface area contributed by atoms with Gasteiger partial charge in [0.2, 0.25) is 0 Å². The Kier molecular flexibility index (Phi) is 7.51. The minimum absolute atomic E-state index is 0.537. The Morgan fingerprint density at radius 1 is 1.33 bits per heavy atom. The van der Waals surface area contributed by atoms with Crippen molar-refractivity contribution < 1.29 is 4.74 Å². The molecule has 2 unspecified atom stereocenters. The lowest BCUT2D eigenvalue weighted by Crippen LogP contribution is -2.34. The first kappa shape index (κ1) is 11.9. The molecule has 0 saturated heterocycles. The summed E-state index contributed by atoms with van der Waals surface area (Å²) in [6.45, 7) is 8.53. The third kappa shape index (κ3) is 5.56. The van der Waals surface area contributed by atoms with E-state index >= 15 is 0 Å². The van der Waals surface area contributed by atoms with E-state index in [-0.39, 0.29) is 0 Å². The van der Waals surface area contributed by atoms with Gasteiger partial charge in [-0.15, -0.1) is 0 Å². The highest BCUT2D eigenvalue weighted by Gasteiger charge is 2.09. The molecule has 2 nitrogen and oxygen atoms in total. The number of hydrogen-bond acceptors (Lipinski definition) is 2. The van der Waals surface area contributed by atoms with Crippen LogP contribution in [0.1, 0.15) is 33.6 Å². The summed E-state index contributed by atoms with van der Waals surface area (Å²) in [6, 6.07) is 0.537. The molecule has 0 aliphatic heterocycles. The number of rotatable bonds is 7. The standard InChI is InChI=1S/C10H23NO/c1-5-9(3)7-10(8-12-4)11-6-2/h9-11H,5-8H2,1-4H3. The van der Waals surface area contributed by atoms with E-state index in [1.54, 1.807) is 7.11 Å². The van der Waals surface area contributed by atoms with Crippen molar-refractivity contribution >= 4 is 0 Å². The summed E-state index contributed by atoms with van der Waals surface area (Å²) in [6.07, 6.45) is 2.48. The minimum Gasteiger partial charge on any atom is -0.383 e. The normalized spacial score (nSPS) is 16.0. The fourth-order valence-corrected chi connectivity index (χ4v) is 1.35. The largest absolute Gasteiger partial charge is 0.383 e. The number of ether oxygens (including phenoxy) is 1. The van der Waals surface area contributed by atoms with Crippen molar-refractivity contribution in [1.82, 2.24) is 5.32 Å². The summed E-state index contributed by atoms with van der Waals surface area (Å²) in [5.41, 5.74) is 0. The van der Waals surface area contributed by atoms with Crippen LogP contribution in [0.15, 0.2) is 0 Å². The van der Waals surface area contributed by atoms with Crippen LogP contribution in [0.3, 0.4) is 0 Å². The molecule has 1 N–H and O–H groups in total. The SMILES string of the molecule is CCNC(COC)CC(C)CC.